The maximum Gasteiger partial charge on any atom is 0.433 e. The minimum absolute atomic E-state index is 0.00485. The molecule has 0 aliphatic rings. The number of ether oxygens (including phenoxy) is 1. The number of pyridine rings is 1. The normalized spacial score (nSPS) is 11.3. The van der Waals surface area contributed by atoms with E-state index in [1.165, 1.54) is 11.8 Å². The Hall–Kier alpha value is -2.51. The van der Waals surface area contributed by atoms with E-state index in [0.29, 0.717) is 11.3 Å². The van der Waals surface area contributed by atoms with Gasteiger partial charge in [0.1, 0.15) is 22.5 Å². The molecule has 0 saturated heterocycles. The molecule has 0 bridgehead atoms. The largest absolute Gasteiger partial charge is 0.497 e. The number of rotatable bonds is 5. The van der Waals surface area contributed by atoms with Crippen molar-refractivity contribution in [2.45, 2.75) is 17.1 Å². The van der Waals surface area contributed by atoms with Crippen molar-refractivity contribution < 1.29 is 17.9 Å². The van der Waals surface area contributed by atoms with Gasteiger partial charge >= 0.3 is 6.18 Å². The van der Waals surface area contributed by atoms with E-state index in [2.05, 4.69) is 26.0 Å². The molecule has 0 unspecified atom stereocenters. The first-order valence-corrected chi connectivity index (χ1v) is 9.57. The van der Waals surface area contributed by atoms with E-state index in [9.17, 15) is 18.4 Å². The van der Waals surface area contributed by atoms with Crippen LogP contribution in [0.2, 0.25) is 0 Å². The Morgan fingerprint density at radius 2 is 2.00 bits per heavy atom. The van der Waals surface area contributed by atoms with Gasteiger partial charge in [0, 0.05) is 11.8 Å². The molecule has 3 rings (SSSR count). The molecule has 2 aromatic heterocycles. The molecule has 144 valence electrons. The van der Waals surface area contributed by atoms with E-state index in [0.717, 1.165) is 22.3 Å². The SMILES string of the molecule is COc1ccc(-c2cc(C(F)(F)F)nc(SCn3cc(Br)cn3)c2C#N)cc1. The quantitative estimate of drug-likeness (QED) is 0.471. The van der Waals surface area contributed by atoms with Gasteiger partial charge in [0.25, 0.3) is 0 Å². The lowest BCUT2D eigenvalue weighted by Crippen LogP contribution is -2.10. The zero-order valence-electron chi connectivity index (χ0n) is 14.4. The number of hydrogen-bond acceptors (Lipinski definition) is 5. The predicted octanol–water partition coefficient (Wildman–Crippen LogP) is 5.36. The summed E-state index contributed by atoms with van der Waals surface area (Å²) in [6, 6.07) is 9.35. The number of methoxy groups -OCH3 is 1. The molecule has 1 aromatic carbocycles. The predicted molar refractivity (Wildman–Crippen MR) is 102 cm³/mol. The molecule has 28 heavy (non-hydrogen) atoms. The van der Waals surface area contributed by atoms with Gasteiger partial charge in [-0.1, -0.05) is 23.9 Å². The van der Waals surface area contributed by atoms with Crippen molar-refractivity contribution in [1.29, 1.82) is 5.26 Å². The number of aromatic nitrogens is 3. The lowest BCUT2D eigenvalue weighted by Gasteiger charge is -2.14. The fraction of sp³-hybridized carbons (Fsp3) is 0.167. The van der Waals surface area contributed by atoms with Crippen LogP contribution in [0, 0.1) is 11.3 Å². The standard InChI is InChI=1S/C18H12BrF3N4OS/c1-27-13-4-2-11(3-5-13)14-6-16(18(20,21)22)25-17(15(14)7-23)28-10-26-9-12(19)8-24-26/h2-6,8-9H,10H2,1H3. The lowest BCUT2D eigenvalue weighted by molar-refractivity contribution is -0.141. The third-order valence-corrected chi connectivity index (χ3v) is 5.10. The zero-order chi connectivity index (χ0) is 20.3. The van der Waals surface area contributed by atoms with Crippen molar-refractivity contribution in [3.8, 4) is 22.9 Å². The summed E-state index contributed by atoms with van der Waals surface area (Å²) >= 11 is 4.26. The van der Waals surface area contributed by atoms with E-state index in [-0.39, 0.29) is 22.0 Å². The minimum Gasteiger partial charge on any atom is -0.497 e. The van der Waals surface area contributed by atoms with E-state index in [1.54, 1.807) is 36.7 Å². The van der Waals surface area contributed by atoms with Crippen LogP contribution >= 0.6 is 27.7 Å². The van der Waals surface area contributed by atoms with Gasteiger partial charge in [0.05, 0.1) is 29.2 Å². The molecular formula is C18H12BrF3N4OS. The Morgan fingerprint density at radius 1 is 1.29 bits per heavy atom. The van der Waals surface area contributed by atoms with Gasteiger partial charge in [0.15, 0.2) is 0 Å². The molecule has 0 atom stereocenters. The summed E-state index contributed by atoms with van der Waals surface area (Å²) < 4.78 is 47.5. The average Bonchev–Trinajstić information content (AvgIpc) is 3.10. The molecule has 0 radical (unpaired) electrons. The first kappa shape index (κ1) is 20.2. The average molecular weight is 469 g/mol. The van der Waals surface area contributed by atoms with Crippen LogP contribution in [0.3, 0.4) is 0 Å². The lowest BCUT2D eigenvalue weighted by atomic mass is 10.0. The molecule has 0 N–H and O–H groups in total. The molecule has 5 nitrogen and oxygen atoms in total. The summed E-state index contributed by atoms with van der Waals surface area (Å²) in [5, 5.41) is 13.7. The van der Waals surface area contributed by atoms with E-state index in [1.807, 2.05) is 6.07 Å². The van der Waals surface area contributed by atoms with Crippen LogP contribution in [0.5, 0.6) is 5.75 Å². The van der Waals surface area contributed by atoms with Gasteiger partial charge < -0.3 is 4.74 Å². The maximum atomic E-state index is 13.4. The third kappa shape index (κ3) is 4.48. The zero-order valence-corrected chi connectivity index (χ0v) is 16.8. The summed E-state index contributed by atoms with van der Waals surface area (Å²) in [6.45, 7) is 0. The monoisotopic (exact) mass is 468 g/mol. The van der Waals surface area contributed by atoms with Crippen molar-refractivity contribution in [2.24, 2.45) is 0 Å². The number of alkyl halides is 3. The van der Waals surface area contributed by atoms with Crippen molar-refractivity contribution in [3.05, 3.63) is 58.5 Å². The molecule has 3 aromatic rings. The summed E-state index contributed by atoms with van der Waals surface area (Å²) in [5.41, 5.74) is -0.346. The minimum atomic E-state index is -4.64. The van der Waals surface area contributed by atoms with Crippen LogP contribution in [0.15, 0.2) is 52.2 Å². The molecular weight excluding hydrogens is 457 g/mol. The first-order valence-electron chi connectivity index (χ1n) is 7.79. The van der Waals surface area contributed by atoms with E-state index < -0.39 is 11.9 Å². The highest BCUT2D eigenvalue weighted by atomic mass is 79.9. The van der Waals surface area contributed by atoms with Crippen LogP contribution in [0.1, 0.15) is 11.3 Å². The van der Waals surface area contributed by atoms with Gasteiger partial charge in [-0.3, -0.25) is 4.68 Å². The Kier molecular flexibility index (Phi) is 5.96. The van der Waals surface area contributed by atoms with E-state index in [4.69, 9.17) is 4.74 Å². The summed E-state index contributed by atoms with van der Waals surface area (Å²) in [6.07, 6.45) is -1.40. The first-order chi connectivity index (χ1) is 13.3. The Balaban J connectivity index is 2.07. The molecule has 0 aliphatic heterocycles. The van der Waals surface area contributed by atoms with Crippen LogP contribution in [-0.4, -0.2) is 21.9 Å². The third-order valence-electron chi connectivity index (χ3n) is 3.72. The van der Waals surface area contributed by atoms with Crippen molar-refractivity contribution in [3.63, 3.8) is 0 Å². The van der Waals surface area contributed by atoms with Crippen molar-refractivity contribution in [1.82, 2.24) is 14.8 Å². The highest BCUT2D eigenvalue weighted by Crippen LogP contribution is 2.37. The second-order valence-electron chi connectivity index (χ2n) is 5.54. The Bertz CT molecular complexity index is 1030. The highest BCUT2D eigenvalue weighted by Gasteiger charge is 2.34. The highest BCUT2D eigenvalue weighted by molar-refractivity contribution is 9.10. The van der Waals surface area contributed by atoms with Gasteiger partial charge in [-0.25, -0.2) is 4.98 Å². The fourth-order valence-electron chi connectivity index (χ4n) is 2.41. The van der Waals surface area contributed by atoms with Crippen molar-refractivity contribution in [2.75, 3.05) is 7.11 Å². The molecule has 0 spiro atoms. The second-order valence-corrected chi connectivity index (χ2v) is 7.39. The number of thioether (sulfide) groups is 1. The van der Waals surface area contributed by atoms with Gasteiger partial charge in [-0.2, -0.15) is 23.5 Å². The Labute approximate surface area is 171 Å². The topological polar surface area (TPSA) is 63.7 Å². The number of benzene rings is 1. The van der Waals surface area contributed by atoms with Crippen molar-refractivity contribution >= 4 is 27.7 Å². The number of hydrogen-bond donors (Lipinski definition) is 0. The molecule has 0 fully saturated rings. The summed E-state index contributed by atoms with van der Waals surface area (Å²) in [4.78, 5) is 3.69. The molecule has 0 saturated carbocycles. The van der Waals surface area contributed by atoms with Crippen LogP contribution in [-0.2, 0) is 12.1 Å². The molecule has 0 amide bonds. The smallest absolute Gasteiger partial charge is 0.433 e. The maximum absolute atomic E-state index is 13.4. The van der Waals surface area contributed by atoms with Crippen LogP contribution in [0.25, 0.3) is 11.1 Å². The van der Waals surface area contributed by atoms with Gasteiger partial charge in [-0.15, -0.1) is 0 Å². The van der Waals surface area contributed by atoms with Gasteiger partial charge in [-0.05, 0) is 39.7 Å². The van der Waals surface area contributed by atoms with Crippen LogP contribution < -0.4 is 4.74 Å². The number of halogens is 4. The van der Waals surface area contributed by atoms with Gasteiger partial charge in [0.2, 0.25) is 0 Å². The summed E-state index contributed by atoms with van der Waals surface area (Å²) in [5.74, 6) is 0.766. The fourth-order valence-corrected chi connectivity index (χ4v) is 3.60. The Morgan fingerprint density at radius 3 is 2.54 bits per heavy atom. The van der Waals surface area contributed by atoms with E-state index >= 15 is 0 Å². The van der Waals surface area contributed by atoms with Crippen LogP contribution in [0.4, 0.5) is 13.2 Å². The molecule has 10 heteroatoms. The number of nitriles is 1. The molecule has 0 aliphatic carbocycles. The second kappa shape index (κ2) is 8.24. The number of nitrogens with zero attached hydrogens (tertiary/aromatic N) is 4. The molecule has 2 heterocycles. The summed E-state index contributed by atoms with van der Waals surface area (Å²) in [7, 11) is 1.49.